The molecule has 8 atom stereocenters. The molecule has 3 saturated carbocycles. The zero-order chi connectivity index (χ0) is 38.5. The summed E-state index contributed by atoms with van der Waals surface area (Å²) in [5.74, 6) is -9.73. The summed E-state index contributed by atoms with van der Waals surface area (Å²) in [7, 11) is 0. The number of carbonyl (C=O) groups excluding carboxylic acids is 7. The van der Waals surface area contributed by atoms with Gasteiger partial charge in [0, 0.05) is 35.0 Å². The van der Waals surface area contributed by atoms with Crippen molar-refractivity contribution in [3.05, 3.63) is 53.1 Å². The SMILES string of the molecule is CC(=O)C1C(=O)C(C(C)C)[C@@]2(C)C[C@@]3(C)Cc4c(-c5ccc(CC(=O)C6CCCC6C(=O)C(C)(C)C)cc5)ccc(O)c4C(=O)C3C(=O)[C@@]2(O)C1=O. The van der Waals surface area contributed by atoms with Crippen molar-refractivity contribution in [2.75, 3.05) is 0 Å². The first kappa shape index (κ1) is 37.6. The summed E-state index contributed by atoms with van der Waals surface area (Å²) >= 11 is 0. The van der Waals surface area contributed by atoms with Gasteiger partial charge >= 0.3 is 0 Å². The average molecular weight is 711 g/mol. The van der Waals surface area contributed by atoms with E-state index in [9.17, 15) is 43.8 Å². The summed E-state index contributed by atoms with van der Waals surface area (Å²) in [5, 5.41) is 23.3. The predicted octanol–water partition coefficient (Wildman–Crippen LogP) is 5.90. The van der Waals surface area contributed by atoms with E-state index in [1.165, 1.54) is 6.07 Å². The van der Waals surface area contributed by atoms with Gasteiger partial charge in [0.05, 0.1) is 11.5 Å². The molecular formula is C43H50O9. The Labute approximate surface area is 304 Å². The number of ketones is 7. The number of carbonyl (C=O) groups is 7. The zero-order valence-electron chi connectivity index (χ0n) is 31.4. The van der Waals surface area contributed by atoms with Crippen LogP contribution in [0.1, 0.15) is 103 Å². The van der Waals surface area contributed by atoms with E-state index in [0.717, 1.165) is 30.9 Å². The van der Waals surface area contributed by atoms with Crippen LogP contribution in [0.15, 0.2) is 36.4 Å². The Morgan fingerprint density at radius 3 is 2.10 bits per heavy atom. The Morgan fingerprint density at radius 1 is 0.904 bits per heavy atom. The fourth-order valence-corrected chi connectivity index (χ4v) is 10.8. The van der Waals surface area contributed by atoms with Crippen molar-refractivity contribution in [3.8, 4) is 16.9 Å². The Balaban J connectivity index is 1.35. The van der Waals surface area contributed by atoms with Crippen molar-refractivity contribution >= 4 is 40.5 Å². The number of hydrogen-bond acceptors (Lipinski definition) is 9. The van der Waals surface area contributed by atoms with Crippen LogP contribution in [-0.2, 0) is 41.6 Å². The van der Waals surface area contributed by atoms with Crippen molar-refractivity contribution in [1.29, 1.82) is 0 Å². The van der Waals surface area contributed by atoms with Crippen LogP contribution in [0, 0.1) is 51.8 Å². The van der Waals surface area contributed by atoms with E-state index >= 15 is 0 Å². The van der Waals surface area contributed by atoms with Crippen LogP contribution in [0.25, 0.3) is 11.1 Å². The maximum absolute atomic E-state index is 14.6. The molecule has 0 radical (unpaired) electrons. The summed E-state index contributed by atoms with van der Waals surface area (Å²) in [6.07, 6.45) is 2.57. The molecule has 3 fully saturated rings. The number of benzene rings is 2. The van der Waals surface area contributed by atoms with Gasteiger partial charge in [-0.3, -0.25) is 33.6 Å². The number of fused-ring (bicyclic) bond motifs is 3. The second-order valence-electron chi connectivity index (χ2n) is 17.9. The second-order valence-corrected chi connectivity index (χ2v) is 17.9. The van der Waals surface area contributed by atoms with Gasteiger partial charge < -0.3 is 10.2 Å². The van der Waals surface area contributed by atoms with Crippen LogP contribution in [0.5, 0.6) is 5.75 Å². The maximum Gasteiger partial charge on any atom is 0.190 e. The summed E-state index contributed by atoms with van der Waals surface area (Å²) in [6.45, 7) is 13.6. The molecule has 4 aliphatic rings. The van der Waals surface area contributed by atoms with Gasteiger partial charge in [-0.05, 0) is 72.3 Å². The highest BCUT2D eigenvalue weighted by atomic mass is 16.3. The largest absolute Gasteiger partial charge is 0.507 e. The predicted molar refractivity (Wildman–Crippen MR) is 192 cm³/mol. The minimum absolute atomic E-state index is 0.0287. The lowest BCUT2D eigenvalue weighted by molar-refractivity contribution is -0.205. The molecule has 0 bridgehead atoms. The Morgan fingerprint density at radius 2 is 1.52 bits per heavy atom. The molecule has 2 aromatic carbocycles. The van der Waals surface area contributed by atoms with Crippen LogP contribution in [-0.4, -0.2) is 56.3 Å². The number of Topliss-reactive ketones (excluding diaryl/α,β-unsaturated/α-hetero) is 7. The fourth-order valence-electron chi connectivity index (χ4n) is 10.8. The Bertz CT molecular complexity index is 1930. The van der Waals surface area contributed by atoms with E-state index < -0.39 is 74.4 Å². The van der Waals surface area contributed by atoms with Crippen molar-refractivity contribution < 1.29 is 43.8 Å². The van der Waals surface area contributed by atoms with Crippen LogP contribution >= 0.6 is 0 Å². The molecule has 0 heterocycles. The minimum Gasteiger partial charge on any atom is -0.507 e. The molecule has 6 rings (SSSR count). The molecular weight excluding hydrogens is 660 g/mol. The molecule has 4 aliphatic carbocycles. The first-order valence-corrected chi connectivity index (χ1v) is 18.5. The number of phenolic OH excluding ortho intramolecular Hbond substituents is 1. The van der Waals surface area contributed by atoms with Crippen LogP contribution < -0.4 is 0 Å². The summed E-state index contributed by atoms with van der Waals surface area (Å²) in [5.41, 5.74) is -3.38. The number of aromatic hydroxyl groups is 1. The molecule has 5 unspecified atom stereocenters. The molecule has 9 heteroatoms. The Kier molecular flexibility index (Phi) is 9.05. The Hall–Kier alpha value is -4.11. The van der Waals surface area contributed by atoms with E-state index in [4.69, 9.17) is 0 Å². The third-order valence-electron chi connectivity index (χ3n) is 12.9. The molecule has 52 heavy (non-hydrogen) atoms. The van der Waals surface area contributed by atoms with Crippen LogP contribution in [0.3, 0.4) is 0 Å². The lowest BCUT2D eigenvalue weighted by Gasteiger charge is -2.61. The number of hydrogen-bond donors (Lipinski definition) is 2. The molecule has 0 saturated heterocycles. The van der Waals surface area contributed by atoms with E-state index in [-0.39, 0.29) is 54.0 Å². The van der Waals surface area contributed by atoms with Crippen LogP contribution in [0.2, 0.25) is 0 Å². The van der Waals surface area contributed by atoms with E-state index in [0.29, 0.717) is 17.5 Å². The average Bonchev–Trinajstić information content (AvgIpc) is 3.52. The highest BCUT2D eigenvalue weighted by Gasteiger charge is 2.76. The molecule has 2 aromatic rings. The topological polar surface area (TPSA) is 160 Å². The fraction of sp³-hybridized carbons (Fsp3) is 0.558. The lowest BCUT2D eigenvalue weighted by Crippen LogP contribution is -2.76. The van der Waals surface area contributed by atoms with Gasteiger partial charge in [0.2, 0.25) is 0 Å². The summed E-state index contributed by atoms with van der Waals surface area (Å²) in [4.78, 5) is 95.8. The third kappa shape index (κ3) is 5.40. The van der Waals surface area contributed by atoms with E-state index in [1.54, 1.807) is 33.8 Å². The van der Waals surface area contributed by atoms with E-state index in [2.05, 4.69) is 0 Å². The number of phenols is 1. The highest BCUT2D eigenvalue weighted by Crippen LogP contribution is 2.64. The van der Waals surface area contributed by atoms with Crippen molar-refractivity contribution in [2.45, 2.75) is 99.5 Å². The quantitative estimate of drug-likeness (QED) is 0.334. The van der Waals surface area contributed by atoms with Gasteiger partial charge in [0.25, 0.3) is 0 Å². The molecule has 0 aliphatic heterocycles. The van der Waals surface area contributed by atoms with Crippen molar-refractivity contribution in [3.63, 3.8) is 0 Å². The van der Waals surface area contributed by atoms with Gasteiger partial charge in [-0.2, -0.15) is 0 Å². The monoisotopic (exact) mass is 710 g/mol. The first-order valence-electron chi connectivity index (χ1n) is 18.5. The smallest absolute Gasteiger partial charge is 0.190 e. The van der Waals surface area contributed by atoms with Crippen LogP contribution in [0.4, 0.5) is 0 Å². The van der Waals surface area contributed by atoms with Gasteiger partial charge in [-0.1, -0.05) is 85.2 Å². The normalized spacial score (nSPS) is 33.1. The molecule has 0 amide bonds. The van der Waals surface area contributed by atoms with Gasteiger partial charge in [-0.15, -0.1) is 0 Å². The molecule has 9 nitrogen and oxygen atoms in total. The number of aliphatic hydroxyl groups is 1. The first-order chi connectivity index (χ1) is 24.1. The maximum atomic E-state index is 14.6. The third-order valence-corrected chi connectivity index (χ3v) is 12.9. The lowest BCUT2D eigenvalue weighted by atomic mass is 9.40. The minimum atomic E-state index is -2.75. The highest BCUT2D eigenvalue weighted by molar-refractivity contribution is 6.32. The molecule has 0 aromatic heterocycles. The van der Waals surface area contributed by atoms with Gasteiger partial charge in [0.1, 0.15) is 29.0 Å². The second kappa shape index (κ2) is 12.5. The van der Waals surface area contributed by atoms with Gasteiger partial charge in [0.15, 0.2) is 28.7 Å². The van der Waals surface area contributed by atoms with E-state index in [1.807, 2.05) is 45.0 Å². The molecule has 276 valence electrons. The van der Waals surface area contributed by atoms with Crippen molar-refractivity contribution in [1.82, 2.24) is 0 Å². The summed E-state index contributed by atoms with van der Waals surface area (Å²) < 4.78 is 0. The molecule has 0 spiro atoms. The zero-order valence-corrected chi connectivity index (χ0v) is 31.4. The summed E-state index contributed by atoms with van der Waals surface area (Å²) in [6, 6.07) is 10.5. The number of rotatable bonds is 7. The van der Waals surface area contributed by atoms with Crippen molar-refractivity contribution in [2.24, 2.45) is 51.8 Å². The van der Waals surface area contributed by atoms with Gasteiger partial charge in [-0.25, -0.2) is 0 Å². The standard InChI is InChI=1S/C43H50O9/c1-21(2)33-35(47)31(22(3)44)38(50)43(52)39(51)34-36(48)32-28(19-41(34,7)20-42(33,43)8)25(16-17-29(32)45)24-14-12-23(13-15-24)18-30(46)26-10-9-11-27(26)37(49)40(4,5)6/h12-17,21,26-27,31,33-34,45,52H,9-11,18-20H2,1-8H3/t26?,27?,31?,33?,34?,41-,42-,43+/m1/s1. The molecule has 2 N–H and O–H groups in total.